The molecule has 1 rings (SSSR count). The van der Waals surface area contributed by atoms with Crippen molar-refractivity contribution in [1.29, 1.82) is 0 Å². The minimum absolute atomic E-state index is 0.322. The van der Waals surface area contributed by atoms with E-state index in [-0.39, 0.29) is 0 Å². The van der Waals surface area contributed by atoms with Crippen LogP contribution in [0.1, 0.15) is 29.5 Å². The number of aromatic nitrogens is 2. The molecule has 0 fully saturated rings. The Morgan fingerprint density at radius 2 is 1.93 bits per heavy atom. The lowest BCUT2D eigenvalue weighted by molar-refractivity contribution is -0.146. The number of alkyl halides is 4. The molecule has 1 aromatic heterocycles. The zero-order valence-electron chi connectivity index (χ0n) is 7.98. The second-order valence-electron chi connectivity index (χ2n) is 3.08. The molecule has 1 heterocycles. The van der Waals surface area contributed by atoms with Crippen molar-refractivity contribution in [2.75, 3.05) is 0 Å². The molecule has 80 valence electrons. The first kappa shape index (κ1) is 11.4. The monoisotopic (exact) mass is 226 g/mol. The summed E-state index contributed by atoms with van der Waals surface area (Å²) >= 11 is 5.75. The van der Waals surface area contributed by atoms with Crippen LogP contribution in [0.25, 0.3) is 0 Å². The van der Waals surface area contributed by atoms with Gasteiger partial charge in [-0.25, -0.2) is 4.98 Å². The molecule has 0 amide bonds. The molecule has 6 heteroatoms. The maximum Gasteiger partial charge on any atom is 0.449 e. The van der Waals surface area contributed by atoms with E-state index in [1.54, 1.807) is 6.92 Å². The lowest BCUT2D eigenvalue weighted by atomic mass is 10.3. The second kappa shape index (κ2) is 3.46. The van der Waals surface area contributed by atoms with Gasteiger partial charge in [-0.15, -0.1) is 11.6 Å². The Balaban J connectivity index is 3.31. The number of imidazole rings is 1. The molecule has 2 nitrogen and oxygen atoms in total. The van der Waals surface area contributed by atoms with Crippen LogP contribution in [-0.2, 0) is 13.2 Å². The van der Waals surface area contributed by atoms with Crippen molar-refractivity contribution in [2.24, 2.45) is 7.05 Å². The van der Waals surface area contributed by atoms with Crippen molar-refractivity contribution >= 4 is 11.6 Å². The van der Waals surface area contributed by atoms with Gasteiger partial charge in [0.05, 0.1) is 16.8 Å². The summed E-state index contributed by atoms with van der Waals surface area (Å²) in [7, 11) is 1.32. The summed E-state index contributed by atoms with van der Waals surface area (Å²) in [6.07, 6.45) is -4.43. The van der Waals surface area contributed by atoms with Gasteiger partial charge in [0.15, 0.2) is 0 Å². The molecule has 0 aliphatic rings. The van der Waals surface area contributed by atoms with E-state index in [1.165, 1.54) is 14.0 Å². The predicted octanol–water partition coefficient (Wildman–Crippen LogP) is 3.05. The Morgan fingerprint density at radius 1 is 1.43 bits per heavy atom. The molecule has 1 atom stereocenters. The molecule has 0 N–H and O–H groups in total. The molecule has 0 aliphatic heterocycles. The van der Waals surface area contributed by atoms with E-state index in [9.17, 15) is 13.2 Å². The van der Waals surface area contributed by atoms with Crippen LogP contribution < -0.4 is 0 Å². The Bertz CT molecular complexity index is 341. The van der Waals surface area contributed by atoms with Crippen molar-refractivity contribution in [3.05, 3.63) is 17.2 Å². The first-order valence-electron chi connectivity index (χ1n) is 3.99. The number of aryl methyl sites for hydroxylation is 1. The van der Waals surface area contributed by atoms with Crippen molar-refractivity contribution in [3.63, 3.8) is 0 Å². The van der Waals surface area contributed by atoms with Gasteiger partial charge in [-0.05, 0) is 13.8 Å². The normalized spacial score (nSPS) is 14.5. The van der Waals surface area contributed by atoms with E-state index in [0.717, 1.165) is 4.57 Å². The first-order valence-corrected chi connectivity index (χ1v) is 4.43. The van der Waals surface area contributed by atoms with Crippen LogP contribution in [0.5, 0.6) is 0 Å². The fourth-order valence-corrected chi connectivity index (χ4v) is 1.76. The van der Waals surface area contributed by atoms with Gasteiger partial charge in [0, 0.05) is 7.05 Å². The molecular weight excluding hydrogens is 217 g/mol. The van der Waals surface area contributed by atoms with E-state index < -0.39 is 17.4 Å². The van der Waals surface area contributed by atoms with Crippen LogP contribution >= 0.6 is 11.6 Å². The topological polar surface area (TPSA) is 17.8 Å². The highest BCUT2D eigenvalue weighted by Gasteiger charge is 2.37. The third-order valence-corrected chi connectivity index (χ3v) is 2.16. The van der Waals surface area contributed by atoms with Gasteiger partial charge in [0.1, 0.15) is 0 Å². The highest BCUT2D eigenvalue weighted by molar-refractivity contribution is 6.20. The standard InChI is InChI=1S/C8H10ClF3N2/c1-4(9)6-5(2)13-7(14(6)3)8(10,11)12/h4H,1-3H3. The summed E-state index contributed by atoms with van der Waals surface area (Å²) in [5.74, 6) is -0.905. The number of nitrogens with zero attached hydrogens (tertiary/aromatic N) is 2. The number of rotatable bonds is 1. The largest absolute Gasteiger partial charge is 0.449 e. The summed E-state index contributed by atoms with van der Waals surface area (Å²) in [5, 5.41) is -0.483. The van der Waals surface area contributed by atoms with Gasteiger partial charge >= 0.3 is 6.18 Å². The summed E-state index contributed by atoms with van der Waals surface area (Å²) in [5.41, 5.74) is 0.723. The summed E-state index contributed by atoms with van der Waals surface area (Å²) < 4.78 is 38.1. The highest BCUT2D eigenvalue weighted by atomic mass is 35.5. The van der Waals surface area contributed by atoms with Gasteiger partial charge in [0.25, 0.3) is 0 Å². The Kier molecular flexibility index (Phi) is 2.81. The van der Waals surface area contributed by atoms with Crippen molar-refractivity contribution < 1.29 is 13.2 Å². The van der Waals surface area contributed by atoms with E-state index in [0.29, 0.717) is 11.4 Å². The fourth-order valence-electron chi connectivity index (χ4n) is 1.46. The van der Waals surface area contributed by atoms with Crippen molar-refractivity contribution in [2.45, 2.75) is 25.4 Å². The molecule has 1 aromatic rings. The maximum atomic E-state index is 12.4. The molecule has 0 radical (unpaired) electrons. The van der Waals surface area contributed by atoms with E-state index in [2.05, 4.69) is 4.98 Å². The van der Waals surface area contributed by atoms with Gasteiger partial charge in [-0.3, -0.25) is 0 Å². The molecule has 0 aliphatic carbocycles. The summed E-state index contributed by atoms with van der Waals surface area (Å²) in [6, 6.07) is 0. The number of halogens is 4. The van der Waals surface area contributed by atoms with Crippen molar-refractivity contribution in [1.82, 2.24) is 9.55 Å². The lowest BCUT2D eigenvalue weighted by Crippen LogP contribution is -2.13. The molecule has 0 aromatic carbocycles. The zero-order valence-corrected chi connectivity index (χ0v) is 8.74. The fraction of sp³-hybridized carbons (Fsp3) is 0.625. The molecular formula is C8H10ClF3N2. The third kappa shape index (κ3) is 1.87. The Hall–Kier alpha value is -0.710. The average molecular weight is 227 g/mol. The van der Waals surface area contributed by atoms with Crippen LogP contribution in [0.15, 0.2) is 0 Å². The van der Waals surface area contributed by atoms with E-state index in [4.69, 9.17) is 11.6 Å². The van der Waals surface area contributed by atoms with Crippen LogP contribution in [0.2, 0.25) is 0 Å². The minimum Gasteiger partial charge on any atom is -0.326 e. The highest BCUT2D eigenvalue weighted by Crippen LogP contribution is 2.32. The Morgan fingerprint density at radius 3 is 2.14 bits per heavy atom. The number of hydrogen-bond acceptors (Lipinski definition) is 1. The van der Waals surface area contributed by atoms with E-state index in [1.807, 2.05) is 0 Å². The molecule has 14 heavy (non-hydrogen) atoms. The predicted molar refractivity (Wildman–Crippen MR) is 47.2 cm³/mol. The summed E-state index contributed by atoms with van der Waals surface area (Å²) in [6.45, 7) is 3.13. The quantitative estimate of drug-likeness (QED) is 0.673. The van der Waals surface area contributed by atoms with Crippen molar-refractivity contribution in [3.8, 4) is 0 Å². The van der Waals surface area contributed by atoms with Crippen LogP contribution in [0.3, 0.4) is 0 Å². The third-order valence-electron chi connectivity index (χ3n) is 1.95. The van der Waals surface area contributed by atoms with Crippen LogP contribution in [0.4, 0.5) is 13.2 Å². The second-order valence-corrected chi connectivity index (χ2v) is 3.73. The molecule has 0 bridgehead atoms. The zero-order chi connectivity index (χ0) is 11.1. The maximum absolute atomic E-state index is 12.4. The molecule has 0 spiro atoms. The number of hydrogen-bond donors (Lipinski definition) is 0. The van der Waals surface area contributed by atoms with E-state index >= 15 is 0 Å². The molecule has 0 saturated heterocycles. The first-order chi connectivity index (χ1) is 6.25. The smallest absolute Gasteiger partial charge is 0.326 e. The van der Waals surface area contributed by atoms with Gasteiger partial charge in [-0.1, -0.05) is 0 Å². The van der Waals surface area contributed by atoms with Crippen LogP contribution in [-0.4, -0.2) is 9.55 Å². The molecule has 0 saturated carbocycles. The average Bonchev–Trinajstić information content (AvgIpc) is 2.24. The SMILES string of the molecule is Cc1nc(C(F)(F)F)n(C)c1C(C)Cl. The Labute approximate surface area is 84.7 Å². The van der Waals surface area contributed by atoms with Gasteiger partial charge in [-0.2, -0.15) is 13.2 Å². The van der Waals surface area contributed by atoms with Crippen LogP contribution in [0, 0.1) is 6.92 Å². The lowest BCUT2D eigenvalue weighted by Gasteiger charge is -2.09. The van der Waals surface area contributed by atoms with Gasteiger partial charge in [0.2, 0.25) is 5.82 Å². The summed E-state index contributed by atoms with van der Waals surface area (Å²) in [4.78, 5) is 3.46. The molecule has 1 unspecified atom stereocenters. The minimum atomic E-state index is -4.43. The van der Waals surface area contributed by atoms with Gasteiger partial charge < -0.3 is 4.57 Å².